The topological polar surface area (TPSA) is 189 Å². The number of nitrogens with zero attached hydrogens (tertiary/aromatic N) is 4. The molecule has 5 N–H and O–H groups in total. The molecule has 1 fully saturated rings. The van der Waals surface area contributed by atoms with Crippen molar-refractivity contribution < 1.29 is 39.5 Å². The summed E-state index contributed by atoms with van der Waals surface area (Å²) < 4.78 is 12.5. The van der Waals surface area contributed by atoms with E-state index in [9.17, 15) is 35.3 Å². The number of carboxylic acid groups (broad SMARTS) is 2. The highest BCUT2D eigenvalue weighted by atomic mass is 35.5. The van der Waals surface area contributed by atoms with Gasteiger partial charge >= 0.3 is 11.9 Å². The fourth-order valence-corrected chi connectivity index (χ4v) is 7.58. The van der Waals surface area contributed by atoms with Crippen molar-refractivity contribution in [2.75, 3.05) is 44.2 Å². The Labute approximate surface area is 330 Å². The Morgan fingerprint density at radius 1 is 0.982 bits per heavy atom. The smallest absolute Gasteiger partial charge is 0.335 e. The number of nitrogens with one attached hydrogen (secondary N) is 1. The molecule has 2 aliphatic heterocycles. The molecule has 1 unspecified atom stereocenters. The summed E-state index contributed by atoms with van der Waals surface area (Å²) in [5.41, 5.74) is 6.11. The number of carbonyl (C=O) groups is 2. The largest absolute Gasteiger partial charge is 0.488 e. The molecule has 0 radical (unpaired) electrons. The van der Waals surface area contributed by atoms with Crippen LogP contribution in [-0.4, -0.2) is 93.2 Å². The second-order valence-corrected chi connectivity index (χ2v) is 14.7. The number of aliphatic carboxylic acids is 2. The minimum Gasteiger partial charge on any atom is -0.488 e. The molecule has 3 heterocycles. The number of likely N-dealkylation sites (tertiary alicyclic amines) is 1. The molecule has 4 aromatic rings. The quantitative estimate of drug-likeness (QED) is 0.0970. The van der Waals surface area contributed by atoms with Crippen molar-refractivity contribution in [1.82, 2.24) is 15.2 Å². The average molecular weight is 784 g/mol. The predicted octanol–water partition coefficient (Wildman–Crippen LogP) is 4.94. The van der Waals surface area contributed by atoms with Crippen LogP contribution in [0.15, 0.2) is 67.0 Å². The zero-order valence-corrected chi connectivity index (χ0v) is 32.0. The molecule has 0 saturated carbocycles. The molecule has 14 heteroatoms. The number of aliphatic hydroxyl groups is 2. The highest BCUT2D eigenvalue weighted by Crippen LogP contribution is 2.40. The molecule has 6 rings (SSSR count). The third-order valence-corrected chi connectivity index (χ3v) is 11.0. The van der Waals surface area contributed by atoms with E-state index in [1.165, 1.54) is 17.4 Å². The number of halogens is 1. The maximum absolute atomic E-state index is 11.5. The van der Waals surface area contributed by atoms with Gasteiger partial charge in [0.1, 0.15) is 36.8 Å². The van der Waals surface area contributed by atoms with Crippen molar-refractivity contribution in [1.29, 1.82) is 5.26 Å². The number of anilines is 1. The van der Waals surface area contributed by atoms with Gasteiger partial charge in [0.2, 0.25) is 0 Å². The summed E-state index contributed by atoms with van der Waals surface area (Å²) in [5.74, 6) is -1.33. The lowest BCUT2D eigenvalue weighted by atomic mass is 9.91. The summed E-state index contributed by atoms with van der Waals surface area (Å²) in [7, 11) is 0. The number of aryl methyl sites for hydroxylation is 1. The molecule has 2 aliphatic rings. The van der Waals surface area contributed by atoms with Crippen molar-refractivity contribution in [3.8, 4) is 28.7 Å². The van der Waals surface area contributed by atoms with Gasteiger partial charge in [-0.2, -0.15) is 5.26 Å². The number of aromatic nitrogens is 1. The number of pyridine rings is 1. The van der Waals surface area contributed by atoms with E-state index in [0.29, 0.717) is 46.3 Å². The van der Waals surface area contributed by atoms with Crippen LogP contribution in [0.1, 0.15) is 52.6 Å². The lowest BCUT2D eigenvalue weighted by Gasteiger charge is -2.35. The van der Waals surface area contributed by atoms with Crippen LogP contribution in [0.5, 0.6) is 11.5 Å². The van der Waals surface area contributed by atoms with E-state index in [1.54, 1.807) is 18.3 Å². The number of aliphatic hydroxyl groups excluding tert-OH is 1. The van der Waals surface area contributed by atoms with Crippen LogP contribution in [-0.2, 0) is 35.8 Å². The van der Waals surface area contributed by atoms with Crippen LogP contribution in [0.2, 0.25) is 5.02 Å². The van der Waals surface area contributed by atoms with Gasteiger partial charge < -0.3 is 39.7 Å². The minimum atomic E-state index is -1.61. The average Bonchev–Trinajstić information content (AvgIpc) is 3.61. The number of rotatable bonds is 17. The predicted molar refractivity (Wildman–Crippen MR) is 210 cm³/mol. The third-order valence-electron chi connectivity index (χ3n) is 10.6. The van der Waals surface area contributed by atoms with Crippen LogP contribution in [0.4, 0.5) is 5.69 Å². The Kier molecular flexibility index (Phi) is 13.1. The first-order chi connectivity index (χ1) is 27.0. The molecule has 1 saturated heterocycles. The Bertz CT molecular complexity index is 2100. The summed E-state index contributed by atoms with van der Waals surface area (Å²) in [6, 6.07) is 18.4. The maximum atomic E-state index is 11.5. The fraction of sp³-hybridized carbons (Fsp3) is 0.381. The second-order valence-electron chi connectivity index (χ2n) is 14.3. The van der Waals surface area contributed by atoms with Gasteiger partial charge in [0.25, 0.3) is 0 Å². The molecule has 3 aromatic carbocycles. The number of nitriles is 1. The molecule has 0 amide bonds. The molecular weight excluding hydrogens is 738 g/mol. The van der Waals surface area contributed by atoms with Gasteiger partial charge in [0, 0.05) is 79.1 Å². The number of carboxylic acids is 2. The standard InChI is InChI=1S/C42H46ClN5O8/c1-27-17-31(23-46-35(24-49)40(50)51)38(55-25-29-18-28(20-44)21-45-22-29)19-37(27)56-26-30-5-2-7-34(39(30)43)32-6-3-8-36-33(32)9-14-48(36)13-4-12-47-15-10-42(54,11-16-47)41(52)53/h2-3,5-8,17-19,21-22,35,46,49,54H,4,9-16,23-26H2,1H3,(H,50,51)(H,52,53). The third kappa shape index (κ3) is 9.41. The first-order valence-electron chi connectivity index (χ1n) is 18.6. The van der Waals surface area contributed by atoms with Crippen molar-refractivity contribution in [2.45, 2.75) is 64.0 Å². The van der Waals surface area contributed by atoms with Crippen molar-refractivity contribution in [2.24, 2.45) is 0 Å². The Balaban J connectivity index is 1.14. The fourth-order valence-electron chi connectivity index (χ4n) is 7.29. The maximum Gasteiger partial charge on any atom is 0.335 e. The van der Waals surface area contributed by atoms with E-state index in [2.05, 4.69) is 44.4 Å². The summed E-state index contributed by atoms with van der Waals surface area (Å²) in [5, 5.41) is 51.3. The summed E-state index contributed by atoms with van der Waals surface area (Å²) in [4.78, 5) is 31.6. The van der Waals surface area contributed by atoms with Crippen molar-refractivity contribution >= 4 is 29.2 Å². The number of ether oxygens (including phenoxy) is 2. The van der Waals surface area contributed by atoms with E-state index in [-0.39, 0.29) is 32.6 Å². The first-order valence-corrected chi connectivity index (χ1v) is 19.0. The van der Waals surface area contributed by atoms with Gasteiger partial charge in [-0.15, -0.1) is 0 Å². The van der Waals surface area contributed by atoms with Crippen LogP contribution in [0.25, 0.3) is 11.1 Å². The number of piperidine rings is 1. The second kappa shape index (κ2) is 18.1. The zero-order chi connectivity index (χ0) is 39.8. The highest BCUT2D eigenvalue weighted by Gasteiger charge is 2.39. The number of hydrogen-bond donors (Lipinski definition) is 5. The normalized spacial score (nSPS) is 15.5. The summed E-state index contributed by atoms with van der Waals surface area (Å²) in [6.45, 7) is 5.41. The van der Waals surface area contributed by atoms with Crippen LogP contribution in [0.3, 0.4) is 0 Å². The number of fused-ring (bicyclic) bond motifs is 1. The summed E-state index contributed by atoms with van der Waals surface area (Å²) >= 11 is 7.12. The molecule has 0 aliphatic carbocycles. The van der Waals surface area contributed by atoms with Gasteiger partial charge in [0.05, 0.1) is 17.2 Å². The number of hydrogen-bond acceptors (Lipinski definition) is 11. The molecule has 1 aromatic heterocycles. The molecule has 13 nitrogen and oxygen atoms in total. The van der Waals surface area contributed by atoms with Gasteiger partial charge in [-0.1, -0.05) is 41.9 Å². The molecule has 294 valence electrons. The Morgan fingerprint density at radius 2 is 1.73 bits per heavy atom. The van der Waals surface area contributed by atoms with Crippen LogP contribution < -0.4 is 19.7 Å². The van der Waals surface area contributed by atoms with Gasteiger partial charge in [-0.3, -0.25) is 15.1 Å². The monoisotopic (exact) mass is 783 g/mol. The Hall–Kier alpha value is -5.23. The lowest BCUT2D eigenvalue weighted by molar-refractivity contribution is -0.163. The minimum absolute atomic E-state index is 0.103. The molecule has 0 spiro atoms. The van der Waals surface area contributed by atoms with E-state index >= 15 is 0 Å². The van der Waals surface area contributed by atoms with E-state index < -0.39 is 30.2 Å². The summed E-state index contributed by atoms with van der Waals surface area (Å²) in [6.07, 6.45) is 5.35. The SMILES string of the molecule is Cc1cc(CNC(CO)C(=O)O)c(OCc2cncc(C#N)c2)cc1OCc1cccc(-c2cccc3c2CCN3CCCN2CCC(O)(C(=O)O)CC2)c1Cl. The van der Waals surface area contributed by atoms with Gasteiger partial charge in [0.15, 0.2) is 5.60 Å². The molecule has 0 bridgehead atoms. The molecule has 1 atom stereocenters. The van der Waals surface area contributed by atoms with E-state index in [0.717, 1.165) is 54.7 Å². The van der Waals surface area contributed by atoms with Crippen molar-refractivity contribution in [3.63, 3.8) is 0 Å². The zero-order valence-electron chi connectivity index (χ0n) is 31.2. The van der Waals surface area contributed by atoms with Gasteiger partial charge in [-0.05, 0) is 74.0 Å². The van der Waals surface area contributed by atoms with Crippen LogP contribution >= 0.6 is 11.6 Å². The van der Waals surface area contributed by atoms with E-state index in [4.69, 9.17) is 21.1 Å². The van der Waals surface area contributed by atoms with Crippen molar-refractivity contribution in [3.05, 3.63) is 105 Å². The molecule has 56 heavy (non-hydrogen) atoms. The Morgan fingerprint density at radius 3 is 2.46 bits per heavy atom. The number of benzene rings is 3. The van der Waals surface area contributed by atoms with Crippen LogP contribution in [0, 0.1) is 18.3 Å². The first kappa shape index (κ1) is 40.4. The van der Waals surface area contributed by atoms with Gasteiger partial charge in [-0.25, -0.2) is 4.79 Å². The lowest BCUT2D eigenvalue weighted by Crippen LogP contribution is -2.49. The molecular formula is C42H46ClN5O8. The highest BCUT2D eigenvalue weighted by molar-refractivity contribution is 6.34. The van der Waals surface area contributed by atoms with E-state index in [1.807, 2.05) is 31.2 Å².